The fourth-order valence-electron chi connectivity index (χ4n) is 2.83. The molecule has 1 N–H and O–H groups in total. The molecule has 4 heteroatoms. The molecule has 1 unspecified atom stereocenters. The molecule has 21 heavy (non-hydrogen) atoms. The highest BCUT2D eigenvalue weighted by Gasteiger charge is 2.22. The molecule has 0 aromatic heterocycles. The van der Waals surface area contributed by atoms with E-state index in [4.69, 9.17) is 0 Å². The molecule has 0 amide bonds. The van der Waals surface area contributed by atoms with Crippen LogP contribution in [0.3, 0.4) is 0 Å². The van der Waals surface area contributed by atoms with Gasteiger partial charge in [-0.2, -0.15) is 8.78 Å². The third kappa shape index (κ3) is 3.39. The van der Waals surface area contributed by atoms with Gasteiger partial charge >= 0.3 is 6.61 Å². The number of nitrogens with one attached hydrogen (secondary N) is 1. The van der Waals surface area contributed by atoms with E-state index in [1.54, 1.807) is 12.1 Å². The standard InChI is InChI=1S/C17H17F2NO/c18-17(19)21-16-8-4-7-13-11-20-14(10-15(13)16)9-12-5-2-1-3-6-12/h1-8,14,17,20H,9-11H2. The zero-order valence-corrected chi connectivity index (χ0v) is 11.6. The molecule has 1 atom stereocenters. The van der Waals surface area contributed by atoms with Crippen LogP contribution < -0.4 is 10.1 Å². The lowest BCUT2D eigenvalue weighted by Crippen LogP contribution is -2.37. The molecule has 1 heterocycles. The first-order valence-electron chi connectivity index (χ1n) is 7.05. The van der Waals surface area contributed by atoms with Crippen LogP contribution in [0.5, 0.6) is 5.75 Å². The van der Waals surface area contributed by atoms with E-state index in [0.29, 0.717) is 18.7 Å². The fraction of sp³-hybridized carbons (Fsp3) is 0.294. The van der Waals surface area contributed by atoms with Crippen molar-refractivity contribution in [2.24, 2.45) is 0 Å². The fourth-order valence-corrected chi connectivity index (χ4v) is 2.83. The second-order valence-electron chi connectivity index (χ2n) is 5.24. The van der Waals surface area contributed by atoms with Crippen LogP contribution in [-0.2, 0) is 19.4 Å². The van der Waals surface area contributed by atoms with Crippen LogP contribution in [0.4, 0.5) is 8.78 Å². The SMILES string of the molecule is FC(F)Oc1cccc2c1CC(Cc1ccccc1)NC2. The van der Waals surface area contributed by atoms with Crippen molar-refractivity contribution in [2.45, 2.75) is 32.0 Å². The van der Waals surface area contributed by atoms with Crippen molar-refractivity contribution >= 4 is 0 Å². The number of rotatable bonds is 4. The molecule has 0 saturated heterocycles. The monoisotopic (exact) mass is 289 g/mol. The van der Waals surface area contributed by atoms with Crippen LogP contribution in [0.1, 0.15) is 16.7 Å². The Bertz CT molecular complexity index is 601. The Morgan fingerprint density at radius 1 is 1.10 bits per heavy atom. The third-order valence-corrected chi connectivity index (χ3v) is 3.80. The van der Waals surface area contributed by atoms with E-state index in [1.165, 1.54) is 5.56 Å². The minimum Gasteiger partial charge on any atom is -0.435 e. The molecule has 1 aliphatic heterocycles. The summed E-state index contributed by atoms with van der Waals surface area (Å²) in [5.74, 6) is 0.307. The molecule has 1 aliphatic rings. The van der Waals surface area contributed by atoms with Crippen LogP contribution in [0.15, 0.2) is 48.5 Å². The van der Waals surface area contributed by atoms with E-state index in [9.17, 15) is 8.78 Å². The molecule has 2 aromatic rings. The first-order chi connectivity index (χ1) is 10.2. The van der Waals surface area contributed by atoms with Gasteiger partial charge in [-0.15, -0.1) is 0 Å². The molecule has 2 aromatic carbocycles. The largest absolute Gasteiger partial charge is 0.435 e. The maximum atomic E-state index is 12.5. The second kappa shape index (κ2) is 6.22. The zero-order valence-electron chi connectivity index (χ0n) is 11.6. The van der Waals surface area contributed by atoms with E-state index >= 15 is 0 Å². The van der Waals surface area contributed by atoms with Gasteiger partial charge in [0.15, 0.2) is 0 Å². The quantitative estimate of drug-likeness (QED) is 0.929. The predicted octanol–water partition coefficient (Wildman–Crippen LogP) is 3.55. The maximum Gasteiger partial charge on any atom is 0.387 e. The molecule has 2 nitrogen and oxygen atoms in total. The Hall–Kier alpha value is -1.94. The summed E-state index contributed by atoms with van der Waals surface area (Å²) in [5.41, 5.74) is 3.18. The summed E-state index contributed by atoms with van der Waals surface area (Å²) < 4.78 is 29.6. The summed E-state index contributed by atoms with van der Waals surface area (Å²) in [4.78, 5) is 0. The van der Waals surface area contributed by atoms with Crippen molar-refractivity contribution in [3.05, 3.63) is 65.2 Å². The highest BCUT2D eigenvalue weighted by molar-refractivity contribution is 5.42. The topological polar surface area (TPSA) is 21.3 Å². The van der Waals surface area contributed by atoms with Gasteiger partial charge in [0.1, 0.15) is 5.75 Å². The van der Waals surface area contributed by atoms with Gasteiger partial charge in [0.05, 0.1) is 0 Å². The number of halogens is 2. The lowest BCUT2D eigenvalue weighted by molar-refractivity contribution is -0.0506. The first-order valence-corrected chi connectivity index (χ1v) is 7.05. The summed E-state index contributed by atoms with van der Waals surface area (Å²) in [6.07, 6.45) is 1.58. The maximum absolute atomic E-state index is 12.5. The van der Waals surface area contributed by atoms with Crippen molar-refractivity contribution in [3.8, 4) is 5.75 Å². The van der Waals surface area contributed by atoms with Gasteiger partial charge in [-0.25, -0.2) is 0 Å². The van der Waals surface area contributed by atoms with Crippen LogP contribution in [-0.4, -0.2) is 12.7 Å². The number of fused-ring (bicyclic) bond motifs is 1. The lowest BCUT2D eigenvalue weighted by atomic mass is 9.91. The minimum atomic E-state index is -2.78. The van der Waals surface area contributed by atoms with Crippen molar-refractivity contribution in [2.75, 3.05) is 0 Å². The third-order valence-electron chi connectivity index (χ3n) is 3.80. The highest BCUT2D eigenvalue weighted by atomic mass is 19.3. The second-order valence-corrected chi connectivity index (χ2v) is 5.24. The van der Waals surface area contributed by atoms with E-state index in [2.05, 4.69) is 22.2 Å². The number of benzene rings is 2. The summed E-state index contributed by atoms with van der Waals surface area (Å²) in [6, 6.07) is 15.8. The van der Waals surface area contributed by atoms with Gasteiger partial charge in [0, 0.05) is 18.2 Å². The number of hydrogen-bond donors (Lipinski definition) is 1. The molecule has 0 bridgehead atoms. The van der Waals surface area contributed by atoms with E-state index in [0.717, 1.165) is 17.5 Å². The number of ether oxygens (including phenoxy) is 1. The Balaban J connectivity index is 1.77. The van der Waals surface area contributed by atoms with Gasteiger partial charge in [0.25, 0.3) is 0 Å². The van der Waals surface area contributed by atoms with Gasteiger partial charge < -0.3 is 10.1 Å². The summed E-state index contributed by atoms with van der Waals surface area (Å²) in [5, 5.41) is 3.46. The van der Waals surface area contributed by atoms with Crippen LogP contribution >= 0.6 is 0 Å². The average molecular weight is 289 g/mol. The Kier molecular flexibility index (Phi) is 4.15. The Morgan fingerprint density at radius 2 is 1.90 bits per heavy atom. The van der Waals surface area contributed by atoms with Crippen molar-refractivity contribution in [3.63, 3.8) is 0 Å². The summed E-state index contributed by atoms with van der Waals surface area (Å²) in [7, 11) is 0. The summed E-state index contributed by atoms with van der Waals surface area (Å²) in [6.45, 7) is -2.09. The Labute approximate surface area is 122 Å². The van der Waals surface area contributed by atoms with Crippen LogP contribution in [0.2, 0.25) is 0 Å². The van der Waals surface area contributed by atoms with Crippen molar-refractivity contribution in [1.29, 1.82) is 0 Å². The smallest absolute Gasteiger partial charge is 0.387 e. The molecule has 0 spiro atoms. The predicted molar refractivity (Wildman–Crippen MR) is 77.6 cm³/mol. The number of alkyl halides is 2. The van der Waals surface area contributed by atoms with Gasteiger partial charge in [0.2, 0.25) is 0 Å². The number of hydrogen-bond acceptors (Lipinski definition) is 2. The van der Waals surface area contributed by atoms with Crippen molar-refractivity contribution in [1.82, 2.24) is 5.32 Å². The Morgan fingerprint density at radius 3 is 2.67 bits per heavy atom. The van der Waals surface area contributed by atoms with Gasteiger partial charge in [-0.1, -0.05) is 42.5 Å². The van der Waals surface area contributed by atoms with E-state index in [-0.39, 0.29) is 6.04 Å². The average Bonchev–Trinajstić information content (AvgIpc) is 2.48. The van der Waals surface area contributed by atoms with Gasteiger partial charge in [-0.05, 0) is 30.0 Å². The van der Waals surface area contributed by atoms with E-state index < -0.39 is 6.61 Å². The lowest BCUT2D eigenvalue weighted by Gasteiger charge is -2.27. The van der Waals surface area contributed by atoms with E-state index in [1.807, 2.05) is 24.3 Å². The zero-order chi connectivity index (χ0) is 14.7. The normalized spacial score (nSPS) is 17.6. The molecule has 0 radical (unpaired) electrons. The molecule has 3 rings (SSSR count). The highest BCUT2D eigenvalue weighted by Crippen LogP contribution is 2.29. The molecular formula is C17H17F2NO. The van der Waals surface area contributed by atoms with Crippen LogP contribution in [0, 0.1) is 0 Å². The molecular weight excluding hydrogens is 272 g/mol. The van der Waals surface area contributed by atoms with Gasteiger partial charge in [-0.3, -0.25) is 0 Å². The molecule has 110 valence electrons. The molecule has 0 aliphatic carbocycles. The van der Waals surface area contributed by atoms with Crippen LogP contribution in [0.25, 0.3) is 0 Å². The first kappa shape index (κ1) is 14.0. The molecule has 0 saturated carbocycles. The minimum absolute atomic E-state index is 0.238. The van der Waals surface area contributed by atoms with Crippen molar-refractivity contribution < 1.29 is 13.5 Å². The summed E-state index contributed by atoms with van der Waals surface area (Å²) >= 11 is 0. The molecule has 0 fully saturated rings.